The number of anilines is 1. The van der Waals surface area contributed by atoms with Gasteiger partial charge in [0.1, 0.15) is 23.3 Å². The topological polar surface area (TPSA) is 195 Å². The molecule has 2 saturated heterocycles. The van der Waals surface area contributed by atoms with Gasteiger partial charge in [-0.05, 0) is 65.1 Å². The van der Waals surface area contributed by atoms with Crippen LogP contribution < -0.4 is 16.0 Å². The lowest BCUT2D eigenvalue weighted by Gasteiger charge is -2.46. The highest BCUT2D eigenvalue weighted by Crippen LogP contribution is 2.65. The number of carbonyl (C=O) groups is 6. The molecule has 3 aliphatic rings. The summed E-state index contributed by atoms with van der Waals surface area (Å²) in [5.74, 6) is -1.60. The molecule has 3 heterocycles. The second-order valence-electron chi connectivity index (χ2n) is 15.8. The Morgan fingerprint density at radius 3 is 1.98 bits per heavy atom. The van der Waals surface area contributed by atoms with Gasteiger partial charge in [0.2, 0.25) is 11.8 Å². The van der Waals surface area contributed by atoms with E-state index in [0.717, 1.165) is 24.7 Å². The number of hydrogen-bond donors (Lipinski definition) is 3. The minimum Gasteiger partial charge on any atom is -0.508 e. The Balaban J connectivity index is 1.39. The van der Waals surface area contributed by atoms with Gasteiger partial charge in [0, 0.05) is 12.0 Å². The number of phenols is 1. The van der Waals surface area contributed by atoms with Crippen LogP contribution in [0.5, 0.6) is 5.75 Å². The number of morpholine rings is 1. The Hall–Kier alpha value is -7.76. The molecule has 0 saturated carbocycles. The maximum absolute atomic E-state index is 16.1. The minimum atomic E-state index is -2.12. The van der Waals surface area contributed by atoms with Gasteiger partial charge < -0.3 is 30.4 Å². The summed E-state index contributed by atoms with van der Waals surface area (Å²) in [7, 11) is 2.28. The molecule has 64 heavy (non-hydrogen) atoms. The molecule has 0 bridgehead atoms. The van der Waals surface area contributed by atoms with Crippen molar-refractivity contribution in [1.29, 1.82) is 0 Å². The largest absolute Gasteiger partial charge is 0.508 e. The number of phenolic OH excluding ortho intramolecular Hbond substituents is 1. The van der Waals surface area contributed by atoms with Crippen molar-refractivity contribution in [3.05, 3.63) is 167 Å². The van der Waals surface area contributed by atoms with Crippen LogP contribution in [0.1, 0.15) is 71.0 Å². The second-order valence-corrected chi connectivity index (χ2v) is 15.8. The molecule has 7 unspecified atom stereocenters. The highest BCUT2D eigenvalue weighted by molar-refractivity contribution is 6.24. The summed E-state index contributed by atoms with van der Waals surface area (Å²) in [6, 6.07) is 33.4. The third kappa shape index (κ3) is 7.29. The molecule has 324 valence electrons. The average Bonchev–Trinajstić information content (AvgIpc) is 3.77. The van der Waals surface area contributed by atoms with Gasteiger partial charge in [-0.1, -0.05) is 115 Å². The predicted molar refractivity (Wildman–Crippen MR) is 232 cm³/mol. The Morgan fingerprint density at radius 2 is 1.39 bits per heavy atom. The lowest BCUT2D eigenvalue weighted by molar-refractivity contribution is -0.178. The van der Waals surface area contributed by atoms with Crippen LogP contribution in [0.2, 0.25) is 0 Å². The van der Waals surface area contributed by atoms with E-state index in [9.17, 15) is 29.1 Å². The molecular formula is C50H44N4O10. The number of benzene rings is 5. The number of esters is 3. The zero-order valence-electron chi connectivity index (χ0n) is 35.0. The van der Waals surface area contributed by atoms with Gasteiger partial charge in [0.15, 0.2) is 5.92 Å². The van der Waals surface area contributed by atoms with Crippen molar-refractivity contribution in [2.75, 3.05) is 19.1 Å². The molecule has 4 N–H and O–H groups in total. The summed E-state index contributed by atoms with van der Waals surface area (Å²) in [6.07, 6.45) is -1.24. The van der Waals surface area contributed by atoms with Crippen LogP contribution in [0.3, 0.4) is 0 Å². The molecule has 0 aromatic heterocycles. The van der Waals surface area contributed by atoms with E-state index >= 15 is 4.79 Å². The number of methoxy groups -OCH3 is 2. The first kappa shape index (κ1) is 42.9. The van der Waals surface area contributed by atoms with Crippen molar-refractivity contribution in [2.45, 2.75) is 49.0 Å². The first-order valence-corrected chi connectivity index (χ1v) is 20.6. The van der Waals surface area contributed by atoms with E-state index in [1.165, 1.54) is 18.2 Å². The molecule has 1 spiro atoms. The third-order valence-electron chi connectivity index (χ3n) is 12.3. The van der Waals surface area contributed by atoms with Gasteiger partial charge in [0.05, 0.1) is 44.0 Å². The first-order chi connectivity index (χ1) is 30.9. The van der Waals surface area contributed by atoms with E-state index in [1.807, 2.05) is 95.9 Å². The first-order valence-electron chi connectivity index (χ1n) is 20.6. The fraction of sp³-hybridized carbons (Fsp3) is 0.240. The van der Waals surface area contributed by atoms with E-state index in [-0.39, 0.29) is 29.0 Å². The van der Waals surface area contributed by atoms with Gasteiger partial charge in [-0.3, -0.25) is 28.9 Å². The predicted octanol–water partition coefficient (Wildman–Crippen LogP) is 5.72. The highest BCUT2D eigenvalue weighted by atomic mass is 16.6. The molecule has 8 rings (SSSR count). The minimum absolute atomic E-state index is 0.0811. The number of cyclic esters (lactones) is 1. The monoisotopic (exact) mass is 860 g/mol. The van der Waals surface area contributed by atoms with Crippen LogP contribution in [-0.4, -0.2) is 66.0 Å². The Labute approximate surface area is 368 Å². The molecule has 14 nitrogen and oxygen atoms in total. The third-order valence-corrected chi connectivity index (χ3v) is 12.3. The molecule has 0 aliphatic carbocycles. The van der Waals surface area contributed by atoms with Crippen molar-refractivity contribution in [1.82, 2.24) is 10.2 Å². The molecular weight excluding hydrogens is 817 g/mol. The standard InChI is InChI=1S/C50H44N4O10/c1-29(31-15-7-4-8-16-31)52-49(61)53-38-27-22-30(14-13-21-36(45(57)62-2)46(58)63-3)28-37(38)50(48(53)60)39(44(51)56)41-47(59)64-42(33-19-11-6-12-20-33)40(32-17-9-5-10-18-32)54(41)43(50)34-23-25-35(55)26-24-34/h4-12,15-20,22-29,36,39-43,55H,21H2,1-3H3,(H2,51,56)(H,52,61). The molecule has 2 fully saturated rings. The molecule has 4 amide bonds. The Bertz CT molecular complexity index is 2670. The summed E-state index contributed by atoms with van der Waals surface area (Å²) in [5, 5.41) is 13.5. The van der Waals surface area contributed by atoms with Gasteiger partial charge in [-0.2, -0.15) is 0 Å². The van der Waals surface area contributed by atoms with Crippen LogP contribution in [0, 0.1) is 23.7 Å². The molecule has 0 radical (unpaired) electrons. The molecule has 14 heteroatoms. The van der Waals surface area contributed by atoms with Crippen molar-refractivity contribution in [3.8, 4) is 17.6 Å². The summed E-state index contributed by atoms with van der Waals surface area (Å²) in [5.41, 5.74) is 7.40. The van der Waals surface area contributed by atoms with E-state index in [4.69, 9.17) is 19.9 Å². The number of fused-ring (bicyclic) bond motifs is 3. The number of hydrogen-bond acceptors (Lipinski definition) is 11. The van der Waals surface area contributed by atoms with E-state index in [0.29, 0.717) is 16.7 Å². The fourth-order valence-electron chi connectivity index (χ4n) is 9.55. The number of nitrogens with zero attached hydrogens (tertiary/aromatic N) is 2. The molecule has 7 atom stereocenters. The van der Waals surface area contributed by atoms with Gasteiger partial charge in [0.25, 0.3) is 0 Å². The van der Waals surface area contributed by atoms with Crippen LogP contribution in [0.25, 0.3) is 0 Å². The SMILES string of the molecule is COC(=O)C(CC#Cc1ccc2c(c1)C1(C(=O)N2C(=O)NC(C)c2ccccc2)C(C(N)=O)C2C(=O)OC(c3ccccc3)C(c3ccccc3)N2C1c1ccc(O)cc1)C(=O)OC. The van der Waals surface area contributed by atoms with E-state index < -0.39 is 83.3 Å². The molecule has 3 aliphatic heterocycles. The summed E-state index contributed by atoms with van der Waals surface area (Å²) in [4.78, 5) is 87.9. The lowest BCUT2D eigenvalue weighted by atomic mass is 9.65. The highest BCUT2D eigenvalue weighted by Gasteiger charge is 2.75. The number of amides is 4. The van der Waals surface area contributed by atoms with E-state index in [1.54, 1.807) is 31.2 Å². The maximum atomic E-state index is 16.1. The number of aromatic hydroxyl groups is 1. The van der Waals surface area contributed by atoms with Crippen LogP contribution in [0.4, 0.5) is 10.5 Å². The van der Waals surface area contributed by atoms with E-state index in [2.05, 4.69) is 17.2 Å². The summed E-state index contributed by atoms with van der Waals surface area (Å²) < 4.78 is 16.0. The maximum Gasteiger partial charge on any atom is 0.329 e. The van der Waals surface area contributed by atoms with Gasteiger partial charge in [-0.15, -0.1) is 0 Å². The number of imide groups is 1. The zero-order valence-corrected chi connectivity index (χ0v) is 35.0. The number of primary amides is 1. The number of urea groups is 1. The molecule has 5 aromatic rings. The number of nitrogens with one attached hydrogen (secondary N) is 1. The normalized spacial score (nSPS) is 22.7. The fourth-order valence-corrected chi connectivity index (χ4v) is 9.55. The molecule has 5 aromatic carbocycles. The number of rotatable bonds is 9. The van der Waals surface area contributed by atoms with Gasteiger partial charge in [-0.25, -0.2) is 9.69 Å². The smallest absolute Gasteiger partial charge is 0.329 e. The lowest BCUT2D eigenvalue weighted by Crippen LogP contribution is -2.55. The van der Waals surface area contributed by atoms with Gasteiger partial charge >= 0.3 is 23.9 Å². The zero-order chi connectivity index (χ0) is 45.3. The van der Waals surface area contributed by atoms with Crippen LogP contribution in [0.15, 0.2) is 133 Å². The quantitative estimate of drug-likeness (QED) is 0.0711. The second kappa shape index (κ2) is 17.5. The van der Waals surface area contributed by atoms with Crippen LogP contribution >= 0.6 is 0 Å². The Kier molecular flexibility index (Phi) is 11.8. The van der Waals surface area contributed by atoms with Crippen molar-refractivity contribution >= 4 is 41.4 Å². The average molecular weight is 861 g/mol. The Morgan fingerprint density at radius 1 is 0.797 bits per heavy atom. The van der Waals surface area contributed by atoms with Crippen molar-refractivity contribution in [3.63, 3.8) is 0 Å². The number of ether oxygens (including phenoxy) is 3. The number of carbonyl (C=O) groups excluding carboxylic acids is 6. The van der Waals surface area contributed by atoms with Crippen LogP contribution in [-0.2, 0) is 43.6 Å². The summed E-state index contributed by atoms with van der Waals surface area (Å²) >= 11 is 0. The van der Waals surface area contributed by atoms with Crippen molar-refractivity contribution < 1.29 is 48.1 Å². The summed E-state index contributed by atoms with van der Waals surface area (Å²) in [6.45, 7) is 1.77. The van der Waals surface area contributed by atoms with Crippen molar-refractivity contribution in [2.24, 2.45) is 17.6 Å². The number of nitrogens with two attached hydrogens (primary N) is 1.